The molecule has 3 rings (SSSR count). The second kappa shape index (κ2) is 10.8. The number of carbonyl (C=O) groups excluding carboxylic acids is 1. The Morgan fingerprint density at radius 2 is 1.71 bits per heavy atom. The highest BCUT2D eigenvalue weighted by molar-refractivity contribution is 7.71. The van der Waals surface area contributed by atoms with Crippen molar-refractivity contribution in [1.29, 1.82) is 0 Å². The van der Waals surface area contributed by atoms with Gasteiger partial charge in [-0.2, -0.15) is 13.2 Å². The summed E-state index contributed by atoms with van der Waals surface area (Å²) in [6, 6.07) is 11.7. The van der Waals surface area contributed by atoms with Crippen molar-refractivity contribution >= 4 is 18.4 Å². The van der Waals surface area contributed by atoms with Crippen molar-refractivity contribution in [3.05, 3.63) is 83.2 Å². The van der Waals surface area contributed by atoms with Crippen molar-refractivity contribution < 1.29 is 22.5 Å². The molecule has 0 radical (unpaired) electrons. The number of alkyl halides is 3. The van der Waals surface area contributed by atoms with Crippen molar-refractivity contribution in [2.24, 2.45) is 5.73 Å². The molecule has 0 spiro atoms. The van der Waals surface area contributed by atoms with E-state index < -0.39 is 18.9 Å². The monoisotopic (exact) mass is 503 g/mol. The lowest BCUT2D eigenvalue weighted by molar-refractivity contribution is -0.137. The van der Waals surface area contributed by atoms with Gasteiger partial charge in [-0.05, 0) is 47.4 Å². The summed E-state index contributed by atoms with van der Waals surface area (Å²) < 4.78 is 52.6. The topological polar surface area (TPSA) is 85.1 Å². The van der Waals surface area contributed by atoms with Gasteiger partial charge in [0.25, 0.3) is 5.91 Å². The summed E-state index contributed by atoms with van der Waals surface area (Å²) in [5.74, 6) is -0.349. The number of aromatic nitrogens is 1. The van der Waals surface area contributed by atoms with Crippen LogP contribution in [0.1, 0.15) is 53.9 Å². The summed E-state index contributed by atoms with van der Waals surface area (Å²) in [4.78, 5) is 16.9. The molecule has 3 N–H and O–H groups in total. The fourth-order valence-corrected chi connectivity index (χ4v) is 5.71. The Hall–Kier alpha value is -2.96. The number of amides is 1. The molecule has 2 aromatic carbocycles. The maximum absolute atomic E-state index is 13.2. The molecule has 3 aromatic rings. The Morgan fingerprint density at radius 1 is 1.06 bits per heavy atom. The van der Waals surface area contributed by atoms with Crippen molar-refractivity contribution in [3.8, 4) is 11.1 Å². The molecule has 1 atom stereocenters. The highest BCUT2D eigenvalue weighted by atomic mass is 31.2. The Morgan fingerprint density at radius 3 is 2.29 bits per heavy atom. The van der Waals surface area contributed by atoms with Gasteiger partial charge in [0.15, 0.2) is 0 Å². The quantitative estimate of drug-likeness (QED) is 0.384. The zero-order chi connectivity index (χ0) is 25.8. The molecule has 0 fully saturated rings. The third-order valence-electron chi connectivity index (χ3n) is 6.20. The van der Waals surface area contributed by atoms with Crippen molar-refractivity contribution in [2.75, 3.05) is 12.3 Å². The first-order valence-corrected chi connectivity index (χ1v) is 13.4. The zero-order valence-electron chi connectivity index (χ0n) is 19.9. The molecule has 1 heterocycles. The van der Waals surface area contributed by atoms with Gasteiger partial charge >= 0.3 is 6.18 Å². The van der Waals surface area contributed by atoms with E-state index >= 15 is 0 Å². The number of nitrogens with zero attached hydrogens (tertiary/aromatic N) is 1. The van der Waals surface area contributed by atoms with Gasteiger partial charge in [-0.3, -0.25) is 9.78 Å². The van der Waals surface area contributed by atoms with E-state index in [0.29, 0.717) is 39.9 Å². The van der Waals surface area contributed by atoms with E-state index in [1.807, 2.05) is 20.8 Å². The van der Waals surface area contributed by atoms with Crippen LogP contribution in [0.15, 0.2) is 60.9 Å². The molecule has 0 aliphatic carbocycles. The van der Waals surface area contributed by atoms with Crippen LogP contribution in [0, 0.1) is 0 Å². The molecular weight excluding hydrogens is 474 g/mol. The van der Waals surface area contributed by atoms with Crippen LogP contribution in [0.2, 0.25) is 0 Å². The van der Waals surface area contributed by atoms with E-state index in [9.17, 15) is 22.5 Å². The lowest BCUT2D eigenvalue weighted by Crippen LogP contribution is -2.27. The lowest BCUT2D eigenvalue weighted by Gasteiger charge is -2.18. The number of nitrogens with two attached hydrogens (primary N) is 1. The smallest absolute Gasteiger partial charge is 0.345 e. The Labute approximate surface area is 203 Å². The normalized spacial score (nSPS) is 12.9. The van der Waals surface area contributed by atoms with Crippen molar-refractivity contribution in [3.63, 3.8) is 0 Å². The molecule has 1 aromatic heterocycles. The van der Waals surface area contributed by atoms with Gasteiger partial charge in [0, 0.05) is 36.6 Å². The van der Waals surface area contributed by atoms with Gasteiger partial charge in [-0.25, -0.2) is 0 Å². The van der Waals surface area contributed by atoms with E-state index in [1.165, 1.54) is 12.3 Å². The van der Waals surface area contributed by atoms with E-state index in [1.54, 1.807) is 36.5 Å². The van der Waals surface area contributed by atoms with E-state index in [-0.39, 0.29) is 18.5 Å². The first-order valence-electron chi connectivity index (χ1n) is 11.4. The van der Waals surface area contributed by atoms with Gasteiger partial charge < -0.3 is 15.6 Å². The molecule has 9 heteroatoms. The minimum Gasteiger partial charge on any atom is -0.345 e. The first kappa shape index (κ1) is 26.6. The number of nitrogens with one attached hydrogen (secondary N) is 1. The van der Waals surface area contributed by atoms with Gasteiger partial charge in [0.2, 0.25) is 0 Å². The lowest BCUT2D eigenvalue weighted by atomic mass is 9.95. The van der Waals surface area contributed by atoms with Crippen LogP contribution in [0.5, 0.6) is 0 Å². The molecule has 0 saturated carbocycles. The third-order valence-corrected chi connectivity index (χ3v) is 9.43. The maximum Gasteiger partial charge on any atom is 0.416 e. The van der Waals surface area contributed by atoms with E-state index in [2.05, 4.69) is 10.3 Å². The number of hydrogen-bond acceptors (Lipinski definition) is 4. The summed E-state index contributed by atoms with van der Waals surface area (Å²) in [5, 5.41) is 3.49. The molecule has 0 aliphatic heterocycles. The summed E-state index contributed by atoms with van der Waals surface area (Å²) >= 11 is 0. The molecule has 0 unspecified atom stereocenters. The first-order chi connectivity index (χ1) is 16.5. The van der Waals surface area contributed by atoms with Crippen LogP contribution in [-0.4, -0.2) is 23.2 Å². The zero-order valence-corrected chi connectivity index (χ0v) is 20.8. The number of hydrogen-bond donors (Lipinski definition) is 2. The molecule has 0 aliphatic rings. The third kappa shape index (κ3) is 6.00. The predicted octanol–water partition coefficient (Wildman–Crippen LogP) is 5.75. The Bertz CT molecular complexity index is 1240. The standard InChI is InChI=1S/C26H29F3N3O2P/c1-4-35(34,5-2)23-12-21(15-31-16-23)25(33)32-17(3)18-6-8-19(9-7-18)24-13-22(26(27,28)29)11-10-20(24)14-30/h6-13,15-17H,4-5,14,30H2,1-3H3,(H,32,33)/t17-/m1/s1. The Balaban J connectivity index is 1.80. The molecule has 5 nitrogen and oxygen atoms in total. The molecule has 0 saturated heterocycles. The average Bonchev–Trinajstić information content (AvgIpc) is 2.87. The fourth-order valence-electron chi connectivity index (χ4n) is 3.88. The van der Waals surface area contributed by atoms with Crippen LogP contribution < -0.4 is 16.4 Å². The van der Waals surface area contributed by atoms with Crippen LogP contribution in [0.4, 0.5) is 13.2 Å². The second-order valence-electron chi connectivity index (χ2n) is 8.34. The highest BCUT2D eigenvalue weighted by Crippen LogP contribution is 2.43. The Kier molecular flexibility index (Phi) is 8.18. The number of pyridine rings is 1. The van der Waals surface area contributed by atoms with Crippen molar-refractivity contribution in [2.45, 2.75) is 39.5 Å². The SMILES string of the molecule is CCP(=O)(CC)c1cncc(C(=O)N[C@H](C)c2ccc(-c3cc(C(F)(F)F)ccc3CN)cc2)c1. The summed E-state index contributed by atoms with van der Waals surface area (Å²) in [7, 11) is -2.57. The maximum atomic E-state index is 13.2. The minimum atomic E-state index is -4.45. The average molecular weight is 504 g/mol. The number of benzene rings is 2. The summed E-state index contributed by atoms with van der Waals surface area (Å²) in [6.45, 7) is 5.64. The molecule has 0 bridgehead atoms. The number of rotatable bonds is 8. The van der Waals surface area contributed by atoms with E-state index in [4.69, 9.17) is 5.73 Å². The van der Waals surface area contributed by atoms with Gasteiger partial charge in [0.05, 0.1) is 17.2 Å². The van der Waals surface area contributed by atoms with Crippen LogP contribution in [0.3, 0.4) is 0 Å². The minimum absolute atomic E-state index is 0.109. The van der Waals surface area contributed by atoms with Gasteiger partial charge in [0.1, 0.15) is 7.14 Å². The summed E-state index contributed by atoms with van der Waals surface area (Å²) in [6.07, 6.45) is -0.468. The van der Waals surface area contributed by atoms with Crippen molar-refractivity contribution in [1.82, 2.24) is 10.3 Å². The molecule has 1 amide bonds. The van der Waals surface area contributed by atoms with Gasteiger partial charge in [-0.1, -0.05) is 44.2 Å². The molecule has 35 heavy (non-hydrogen) atoms. The van der Waals surface area contributed by atoms with Crippen LogP contribution in [0.25, 0.3) is 11.1 Å². The molecule has 186 valence electrons. The number of carbonyl (C=O) groups is 1. The largest absolute Gasteiger partial charge is 0.416 e. The van der Waals surface area contributed by atoms with Crippen LogP contribution in [-0.2, 0) is 17.3 Å². The highest BCUT2D eigenvalue weighted by Gasteiger charge is 2.31. The second-order valence-corrected chi connectivity index (χ2v) is 11.9. The van der Waals surface area contributed by atoms with Crippen LogP contribution >= 0.6 is 7.14 Å². The van der Waals surface area contributed by atoms with Gasteiger partial charge in [-0.15, -0.1) is 0 Å². The van der Waals surface area contributed by atoms with E-state index in [0.717, 1.165) is 17.7 Å². The summed E-state index contributed by atoms with van der Waals surface area (Å²) in [5.41, 5.74) is 7.74. The fraction of sp³-hybridized carbons (Fsp3) is 0.308. The predicted molar refractivity (Wildman–Crippen MR) is 133 cm³/mol. The number of halogens is 3. The molecular formula is C26H29F3N3O2P.